The maximum atomic E-state index is 15.0. The Balaban J connectivity index is 0.951. The molecular formula is C55H57F2N6O15P. The van der Waals surface area contributed by atoms with E-state index in [9.17, 15) is 42.1 Å². The molecule has 4 aliphatic heterocycles. The molecule has 416 valence electrons. The van der Waals surface area contributed by atoms with Gasteiger partial charge in [-0.15, -0.1) is 0 Å². The second-order valence-corrected chi connectivity index (χ2v) is 21.2. The minimum Gasteiger partial charge on any atom is -0.459 e. The number of rotatable bonds is 19. The lowest BCUT2D eigenvalue weighted by Gasteiger charge is -2.45. The molecule has 1 N–H and O–H groups in total. The minimum atomic E-state index is -4.45. The van der Waals surface area contributed by atoms with Crippen molar-refractivity contribution in [3.8, 4) is 5.75 Å². The first kappa shape index (κ1) is 55.9. The minimum absolute atomic E-state index is 0.00371. The number of ether oxygens (including phenoxy) is 4. The Morgan fingerprint density at radius 3 is 2.14 bits per heavy atom. The van der Waals surface area contributed by atoms with E-state index in [-0.39, 0.29) is 83.2 Å². The van der Waals surface area contributed by atoms with Crippen LogP contribution in [0.15, 0.2) is 131 Å². The van der Waals surface area contributed by atoms with E-state index < -0.39 is 104 Å². The maximum Gasteiger partial charge on any atom is 0.478 e. The average molecular weight is 1110 g/mol. The fourth-order valence-electron chi connectivity index (χ4n) is 9.81. The normalized spacial score (nSPS) is 20.6. The molecule has 5 aromatic rings. The standard InChI is InChI=1S/C55H57F2N6O15P/c1-37-27-55(78-59-37)22-21-54(2,51(67)58-28-41-18-19-42(56)26-44(41)57)63-30-46(55)62-23-20-45(64)49(48(62)50(63)66)77-53(69)61-24-25-71-35-43(61)29-60(31-47(65)72-32-38-12-6-3-7-13-38)52(68)73-36-76-79(70,74-33-39-14-8-4-9-15-39)75-34-40-16-10-5-11-17-40/h3-20,23,26,43,46H,21-22,24-25,27-36H2,1-2H3,(H,58,67)/t43-,46?,54?,55?/m1/s1. The molecule has 4 aliphatic rings. The lowest BCUT2D eigenvalue weighted by atomic mass is 9.83. The summed E-state index contributed by atoms with van der Waals surface area (Å²) in [6.07, 6.45) is -0.446. The second kappa shape index (κ2) is 24.5. The number of benzene rings is 4. The van der Waals surface area contributed by atoms with Gasteiger partial charge in [0.05, 0.1) is 44.2 Å². The van der Waals surface area contributed by atoms with Gasteiger partial charge in [-0.05, 0) is 49.4 Å². The molecule has 0 aliphatic carbocycles. The molecule has 4 aromatic carbocycles. The Morgan fingerprint density at radius 1 is 0.848 bits per heavy atom. The number of carbonyl (C=O) groups is 5. The van der Waals surface area contributed by atoms with Crippen LogP contribution in [0.2, 0.25) is 0 Å². The molecule has 24 heteroatoms. The van der Waals surface area contributed by atoms with Crippen molar-refractivity contribution in [2.24, 2.45) is 5.16 Å². The number of phosphoric ester groups is 1. The number of esters is 1. The number of nitrogens with zero attached hydrogens (tertiary/aromatic N) is 5. The number of morpholine rings is 1. The quantitative estimate of drug-likeness (QED) is 0.0481. The van der Waals surface area contributed by atoms with Crippen molar-refractivity contribution in [2.45, 2.75) is 82.7 Å². The summed E-state index contributed by atoms with van der Waals surface area (Å²) < 4.78 is 83.4. The van der Waals surface area contributed by atoms with Crippen molar-refractivity contribution in [3.05, 3.63) is 171 Å². The lowest BCUT2D eigenvalue weighted by Crippen LogP contribution is -2.61. The van der Waals surface area contributed by atoms with Crippen LogP contribution < -0.4 is 15.5 Å². The van der Waals surface area contributed by atoms with Crippen molar-refractivity contribution in [1.29, 1.82) is 0 Å². The number of pyridine rings is 1. The summed E-state index contributed by atoms with van der Waals surface area (Å²) in [5, 5.41) is 6.94. The molecular weight excluding hydrogens is 1050 g/mol. The number of oxime groups is 1. The molecule has 9 rings (SSSR count). The van der Waals surface area contributed by atoms with Gasteiger partial charge in [-0.3, -0.25) is 38.0 Å². The van der Waals surface area contributed by atoms with Crippen LogP contribution >= 0.6 is 7.82 Å². The molecule has 5 heterocycles. The van der Waals surface area contributed by atoms with Gasteiger partial charge in [0.25, 0.3) is 5.91 Å². The van der Waals surface area contributed by atoms with Crippen LogP contribution in [-0.4, -0.2) is 118 Å². The molecule has 1 spiro atoms. The van der Waals surface area contributed by atoms with Crippen LogP contribution in [0.4, 0.5) is 18.4 Å². The third-order valence-electron chi connectivity index (χ3n) is 14.1. The zero-order valence-electron chi connectivity index (χ0n) is 43.2. The summed E-state index contributed by atoms with van der Waals surface area (Å²) in [4.78, 5) is 95.0. The third kappa shape index (κ3) is 13.0. The predicted octanol–water partition coefficient (Wildman–Crippen LogP) is 7.42. The summed E-state index contributed by atoms with van der Waals surface area (Å²) in [5.74, 6) is -4.76. The number of amides is 4. The molecule has 0 radical (unpaired) electrons. The molecule has 4 amide bonds. The monoisotopic (exact) mass is 1110 g/mol. The van der Waals surface area contributed by atoms with E-state index in [4.69, 9.17) is 37.4 Å². The highest BCUT2D eigenvalue weighted by Gasteiger charge is 2.59. The SMILES string of the molecule is CC1=NOC2(CCC(C)(C(=O)NCc3ccc(F)cc3F)N3CC2n2ccc(=O)c(OC(=O)N4CCOC[C@H]4CN(CC(=O)OCc4ccccc4)C(=O)OCOP(=O)(OCc4ccccc4)OCc4ccccc4)c2C3=O)C1. The Hall–Kier alpha value is -7.82. The summed E-state index contributed by atoms with van der Waals surface area (Å²) >= 11 is 0. The van der Waals surface area contributed by atoms with Crippen molar-refractivity contribution in [2.75, 3.05) is 46.2 Å². The van der Waals surface area contributed by atoms with E-state index >= 15 is 0 Å². The van der Waals surface area contributed by atoms with Crippen LogP contribution in [0.25, 0.3) is 0 Å². The van der Waals surface area contributed by atoms with E-state index in [1.807, 2.05) is 0 Å². The second-order valence-electron chi connectivity index (χ2n) is 19.5. The average Bonchev–Trinajstić information content (AvgIpc) is 3.60. The van der Waals surface area contributed by atoms with Crippen LogP contribution in [0.3, 0.4) is 0 Å². The summed E-state index contributed by atoms with van der Waals surface area (Å²) in [6, 6.07) is 28.5. The van der Waals surface area contributed by atoms with Crippen molar-refractivity contribution < 1.29 is 74.7 Å². The Bertz CT molecular complexity index is 3150. The van der Waals surface area contributed by atoms with Gasteiger partial charge in [-0.2, -0.15) is 0 Å². The Labute approximate surface area is 452 Å². The first-order valence-corrected chi connectivity index (χ1v) is 26.8. The zero-order valence-corrected chi connectivity index (χ0v) is 44.1. The van der Waals surface area contributed by atoms with Crippen molar-refractivity contribution >= 4 is 43.5 Å². The number of nitrogens with one attached hydrogen (secondary N) is 1. The van der Waals surface area contributed by atoms with E-state index in [0.717, 1.165) is 21.9 Å². The smallest absolute Gasteiger partial charge is 0.459 e. The number of fused-ring (bicyclic) bond motifs is 5. The Morgan fingerprint density at radius 2 is 1.51 bits per heavy atom. The van der Waals surface area contributed by atoms with Gasteiger partial charge in [0.2, 0.25) is 23.9 Å². The Kier molecular flexibility index (Phi) is 17.3. The summed E-state index contributed by atoms with van der Waals surface area (Å²) in [7, 11) is -4.45. The van der Waals surface area contributed by atoms with E-state index in [0.29, 0.717) is 28.5 Å². The first-order chi connectivity index (χ1) is 38.0. The molecule has 4 atom stereocenters. The van der Waals surface area contributed by atoms with Crippen LogP contribution in [0, 0.1) is 11.6 Å². The van der Waals surface area contributed by atoms with E-state index in [2.05, 4.69) is 10.5 Å². The van der Waals surface area contributed by atoms with Crippen LogP contribution in [0.5, 0.6) is 5.75 Å². The van der Waals surface area contributed by atoms with Gasteiger partial charge >= 0.3 is 26.0 Å². The largest absolute Gasteiger partial charge is 0.478 e. The molecule has 2 saturated heterocycles. The fraction of sp³-hybridized carbons (Fsp3) is 0.364. The van der Waals surface area contributed by atoms with Crippen molar-refractivity contribution in [3.63, 3.8) is 0 Å². The molecule has 21 nitrogen and oxygen atoms in total. The fourth-order valence-corrected chi connectivity index (χ4v) is 10.8. The zero-order chi connectivity index (χ0) is 55.7. The molecule has 0 saturated carbocycles. The van der Waals surface area contributed by atoms with Crippen molar-refractivity contribution in [1.82, 2.24) is 24.6 Å². The summed E-state index contributed by atoms with van der Waals surface area (Å²) in [5.41, 5.74) is -1.47. The van der Waals surface area contributed by atoms with Gasteiger partial charge in [-0.1, -0.05) is 102 Å². The van der Waals surface area contributed by atoms with Crippen LogP contribution in [0.1, 0.15) is 71.9 Å². The molecule has 2 fully saturated rings. The number of carbonyl (C=O) groups excluding carboxylic acids is 5. The number of hydrogen-bond acceptors (Lipinski definition) is 16. The van der Waals surface area contributed by atoms with Gasteiger partial charge in [0.15, 0.2) is 11.3 Å². The first-order valence-electron chi connectivity index (χ1n) is 25.3. The number of hydrogen-bond donors (Lipinski definition) is 1. The lowest BCUT2D eigenvalue weighted by molar-refractivity contribution is -0.146. The molecule has 3 unspecified atom stereocenters. The topological polar surface area (TPSA) is 232 Å². The third-order valence-corrected chi connectivity index (χ3v) is 15.4. The highest BCUT2D eigenvalue weighted by atomic mass is 31.2. The van der Waals surface area contributed by atoms with Gasteiger partial charge in [0, 0.05) is 56.5 Å². The number of halogens is 2. The highest BCUT2D eigenvalue weighted by Crippen LogP contribution is 2.51. The van der Waals surface area contributed by atoms with Gasteiger partial charge in [0.1, 0.15) is 30.3 Å². The van der Waals surface area contributed by atoms with Crippen LogP contribution in [-0.2, 0) is 73.1 Å². The maximum absolute atomic E-state index is 15.0. The number of phosphoric acid groups is 1. The molecule has 1 aromatic heterocycles. The number of aromatic nitrogens is 1. The van der Waals surface area contributed by atoms with E-state index in [1.165, 1.54) is 28.7 Å². The van der Waals surface area contributed by atoms with E-state index in [1.54, 1.807) is 97.9 Å². The summed E-state index contributed by atoms with van der Waals surface area (Å²) in [6.45, 7) is -0.282. The molecule has 2 bridgehead atoms. The molecule has 79 heavy (non-hydrogen) atoms. The predicted molar refractivity (Wildman–Crippen MR) is 276 cm³/mol. The van der Waals surface area contributed by atoms with Gasteiger partial charge < -0.3 is 38.6 Å². The van der Waals surface area contributed by atoms with Gasteiger partial charge in [-0.25, -0.2) is 27.5 Å². The highest BCUT2D eigenvalue weighted by molar-refractivity contribution is 7.48.